The van der Waals surface area contributed by atoms with Crippen LogP contribution in [-0.2, 0) is 0 Å². The molecule has 0 atom stereocenters. The average Bonchev–Trinajstić information content (AvgIpc) is 2.15. The van der Waals surface area contributed by atoms with Crippen LogP contribution in [0.3, 0.4) is 0 Å². The third-order valence-corrected chi connectivity index (χ3v) is 1.43. The van der Waals surface area contributed by atoms with E-state index in [1.807, 2.05) is 0 Å². The van der Waals surface area contributed by atoms with Crippen molar-refractivity contribution >= 4 is 5.69 Å². The van der Waals surface area contributed by atoms with E-state index >= 15 is 0 Å². The summed E-state index contributed by atoms with van der Waals surface area (Å²) in [6.45, 7) is 0.387. The minimum absolute atomic E-state index is 0.0665. The summed E-state index contributed by atoms with van der Waals surface area (Å²) in [6.07, 6.45) is 0. The van der Waals surface area contributed by atoms with Gasteiger partial charge in [0.05, 0.1) is 4.92 Å². The molecular weight excluding hydrogens is 172 g/mol. The summed E-state index contributed by atoms with van der Waals surface area (Å²) in [5.41, 5.74) is 0.0665. The maximum absolute atomic E-state index is 10.3. The van der Waals surface area contributed by atoms with Gasteiger partial charge in [0.25, 0.3) is 5.69 Å². The van der Waals surface area contributed by atoms with Gasteiger partial charge in [-0.15, -0.1) is 0 Å². The minimum Gasteiger partial charge on any atom is -0.478 e. The largest absolute Gasteiger partial charge is 0.478 e. The monoisotopic (exact) mass is 182 g/mol. The molecule has 0 aliphatic heterocycles. The minimum atomic E-state index is -0.443. The van der Waals surface area contributed by atoms with Gasteiger partial charge in [0.1, 0.15) is 12.5 Å². The van der Waals surface area contributed by atoms with Crippen LogP contribution in [0.5, 0.6) is 5.75 Å². The first-order valence-electron chi connectivity index (χ1n) is 3.76. The van der Waals surface area contributed by atoms with E-state index in [1.54, 1.807) is 19.2 Å². The topological polar surface area (TPSA) is 64.4 Å². The van der Waals surface area contributed by atoms with Crippen LogP contribution in [-0.4, -0.2) is 18.7 Å². The molecule has 0 heterocycles. The van der Waals surface area contributed by atoms with E-state index in [0.717, 1.165) is 0 Å². The Bertz CT molecular complexity index is 284. The first-order chi connectivity index (χ1) is 6.24. The van der Waals surface area contributed by atoms with Crippen molar-refractivity contribution in [3.8, 4) is 5.75 Å². The van der Waals surface area contributed by atoms with Crippen molar-refractivity contribution < 1.29 is 9.66 Å². The summed E-state index contributed by atoms with van der Waals surface area (Å²) < 4.78 is 5.16. The van der Waals surface area contributed by atoms with Crippen LogP contribution in [0.2, 0.25) is 0 Å². The normalized spacial score (nSPS) is 9.62. The van der Waals surface area contributed by atoms with Gasteiger partial charge in [0.2, 0.25) is 0 Å². The Morgan fingerprint density at radius 2 is 2.08 bits per heavy atom. The quantitative estimate of drug-likeness (QED) is 0.431. The van der Waals surface area contributed by atoms with Crippen molar-refractivity contribution in [1.82, 2.24) is 5.32 Å². The SMILES string of the molecule is CNCOc1ccc([N+](=O)[O-])cc1. The van der Waals surface area contributed by atoms with Gasteiger partial charge in [-0.05, 0) is 19.2 Å². The van der Waals surface area contributed by atoms with Gasteiger partial charge in [-0.25, -0.2) is 0 Å². The van der Waals surface area contributed by atoms with E-state index in [4.69, 9.17) is 4.74 Å². The molecule has 0 fully saturated rings. The number of nitro groups is 1. The lowest BCUT2D eigenvalue weighted by Crippen LogP contribution is -2.13. The summed E-state index contributed by atoms with van der Waals surface area (Å²) in [5, 5.41) is 13.1. The molecule has 0 saturated carbocycles. The predicted octanol–water partition coefficient (Wildman–Crippen LogP) is 1.15. The fraction of sp³-hybridized carbons (Fsp3) is 0.250. The molecule has 0 aliphatic rings. The van der Waals surface area contributed by atoms with Gasteiger partial charge in [-0.3, -0.25) is 15.4 Å². The summed E-state index contributed by atoms with van der Waals surface area (Å²) in [4.78, 5) is 9.84. The van der Waals surface area contributed by atoms with Crippen LogP contribution in [0.15, 0.2) is 24.3 Å². The third-order valence-electron chi connectivity index (χ3n) is 1.43. The Morgan fingerprint density at radius 3 is 2.54 bits per heavy atom. The number of nitrogens with zero attached hydrogens (tertiary/aromatic N) is 1. The molecule has 0 saturated heterocycles. The van der Waals surface area contributed by atoms with E-state index in [2.05, 4.69) is 5.32 Å². The van der Waals surface area contributed by atoms with Crippen LogP contribution in [0.25, 0.3) is 0 Å². The Labute approximate surface area is 75.5 Å². The second-order valence-electron chi connectivity index (χ2n) is 2.39. The van der Waals surface area contributed by atoms with Crippen molar-refractivity contribution in [2.75, 3.05) is 13.8 Å². The zero-order valence-corrected chi connectivity index (χ0v) is 7.19. The number of benzene rings is 1. The molecule has 0 bridgehead atoms. The van der Waals surface area contributed by atoms with Crippen molar-refractivity contribution in [2.45, 2.75) is 0 Å². The summed E-state index contributed by atoms with van der Waals surface area (Å²) in [6, 6.07) is 5.95. The molecule has 0 unspecified atom stereocenters. The Balaban J connectivity index is 2.64. The molecule has 0 radical (unpaired) electrons. The number of non-ortho nitro benzene ring substituents is 1. The number of hydrogen-bond acceptors (Lipinski definition) is 4. The van der Waals surface area contributed by atoms with Gasteiger partial charge >= 0.3 is 0 Å². The molecule has 0 aromatic heterocycles. The zero-order chi connectivity index (χ0) is 9.68. The van der Waals surface area contributed by atoms with Crippen LogP contribution < -0.4 is 10.1 Å². The maximum Gasteiger partial charge on any atom is 0.269 e. The lowest BCUT2D eigenvalue weighted by atomic mass is 10.3. The summed E-state index contributed by atoms with van der Waals surface area (Å²) in [5.74, 6) is 0.611. The highest BCUT2D eigenvalue weighted by atomic mass is 16.6. The van der Waals surface area contributed by atoms with Crippen LogP contribution in [0.1, 0.15) is 0 Å². The fourth-order valence-corrected chi connectivity index (χ4v) is 0.820. The summed E-state index contributed by atoms with van der Waals surface area (Å²) >= 11 is 0. The molecule has 0 aliphatic carbocycles. The summed E-state index contributed by atoms with van der Waals surface area (Å²) in [7, 11) is 1.76. The van der Waals surface area contributed by atoms with E-state index in [9.17, 15) is 10.1 Å². The number of ether oxygens (including phenoxy) is 1. The molecular formula is C8H10N2O3. The number of rotatable bonds is 4. The van der Waals surface area contributed by atoms with Crippen molar-refractivity contribution in [1.29, 1.82) is 0 Å². The second-order valence-corrected chi connectivity index (χ2v) is 2.39. The third kappa shape index (κ3) is 2.72. The van der Waals surface area contributed by atoms with E-state index in [1.165, 1.54) is 12.1 Å². The lowest BCUT2D eigenvalue weighted by Gasteiger charge is -2.03. The van der Waals surface area contributed by atoms with Gasteiger partial charge in [-0.2, -0.15) is 0 Å². The molecule has 5 heteroatoms. The standard InChI is InChI=1S/C8H10N2O3/c1-9-6-13-8-4-2-7(3-5-8)10(11)12/h2-5,9H,6H2,1H3. The molecule has 0 spiro atoms. The second kappa shape index (κ2) is 4.42. The molecule has 5 nitrogen and oxygen atoms in total. The highest BCUT2D eigenvalue weighted by Crippen LogP contribution is 2.16. The van der Waals surface area contributed by atoms with Crippen LogP contribution in [0.4, 0.5) is 5.69 Å². The molecule has 1 N–H and O–H groups in total. The van der Waals surface area contributed by atoms with E-state index in [0.29, 0.717) is 12.5 Å². The Hall–Kier alpha value is -1.62. The highest BCUT2D eigenvalue weighted by Gasteiger charge is 2.03. The van der Waals surface area contributed by atoms with Gasteiger partial charge in [0.15, 0.2) is 0 Å². The van der Waals surface area contributed by atoms with Crippen molar-refractivity contribution in [2.24, 2.45) is 0 Å². The smallest absolute Gasteiger partial charge is 0.269 e. The van der Waals surface area contributed by atoms with Gasteiger partial charge in [-0.1, -0.05) is 0 Å². The number of nitrogens with one attached hydrogen (secondary N) is 1. The Morgan fingerprint density at radius 1 is 1.46 bits per heavy atom. The predicted molar refractivity (Wildman–Crippen MR) is 47.7 cm³/mol. The molecule has 0 amide bonds. The highest BCUT2D eigenvalue weighted by molar-refractivity contribution is 5.35. The first kappa shape index (κ1) is 9.47. The maximum atomic E-state index is 10.3. The van der Waals surface area contributed by atoms with Crippen LogP contribution >= 0.6 is 0 Å². The molecule has 70 valence electrons. The molecule has 1 aromatic rings. The number of nitro benzene ring substituents is 1. The first-order valence-corrected chi connectivity index (χ1v) is 3.76. The van der Waals surface area contributed by atoms with Crippen molar-refractivity contribution in [3.05, 3.63) is 34.4 Å². The zero-order valence-electron chi connectivity index (χ0n) is 7.19. The molecule has 1 rings (SSSR count). The van der Waals surface area contributed by atoms with Crippen molar-refractivity contribution in [3.63, 3.8) is 0 Å². The van der Waals surface area contributed by atoms with E-state index < -0.39 is 4.92 Å². The van der Waals surface area contributed by atoms with E-state index in [-0.39, 0.29) is 5.69 Å². The Kier molecular flexibility index (Phi) is 3.22. The number of hydrogen-bond donors (Lipinski definition) is 1. The van der Waals surface area contributed by atoms with Gasteiger partial charge < -0.3 is 4.74 Å². The fourth-order valence-electron chi connectivity index (χ4n) is 0.820. The lowest BCUT2D eigenvalue weighted by molar-refractivity contribution is -0.384. The van der Waals surface area contributed by atoms with Crippen LogP contribution in [0, 0.1) is 10.1 Å². The van der Waals surface area contributed by atoms with Gasteiger partial charge in [0, 0.05) is 12.1 Å². The molecule has 1 aromatic carbocycles. The molecule has 13 heavy (non-hydrogen) atoms. The average molecular weight is 182 g/mol.